The molecule has 0 aliphatic heterocycles. The van der Waals surface area contributed by atoms with Crippen LogP contribution in [0.25, 0.3) is 0 Å². The van der Waals surface area contributed by atoms with Gasteiger partial charge in [-0.25, -0.2) is 0 Å². The lowest BCUT2D eigenvalue weighted by Gasteiger charge is -2.07. The van der Waals surface area contributed by atoms with Crippen molar-refractivity contribution < 1.29 is 9.47 Å². The number of para-hydroxylation sites is 2. The SMILES string of the molecule is c1ccc(OCCCSCCCOc2ccccc2)cc1. The zero-order chi connectivity index (χ0) is 14.6. The molecule has 0 aromatic heterocycles. The van der Waals surface area contributed by atoms with Gasteiger partial charge in [0.1, 0.15) is 11.5 Å². The molecule has 2 nitrogen and oxygen atoms in total. The number of ether oxygens (including phenoxy) is 2. The molecule has 0 amide bonds. The van der Waals surface area contributed by atoms with E-state index >= 15 is 0 Å². The Kier molecular flexibility index (Phi) is 7.63. The first-order chi connectivity index (χ1) is 10.4. The Balaban J connectivity index is 1.40. The van der Waals surface area contributed by atoms with Crippen molar-refractivity contribution in [1.82, 2.24) is 0 Å². The summed E-state index contributed by atoms with van der Waals surface area (Å²) in [5, 5.41) is 0. The van der Waals surface area contributed by atoms with Crippen LogP contribution in [0, 0.1) is 0 Å². The monoisotopic (exact) mass is 302 g/mol. The molecule has 0 atom stereocenters. The summed E-state index contributed by atoms with van der Waals surface area (Å²) in [6, 6.07) is 20.0. The second kappa shape index (κ2) is 10.2. The molecular weight excluding hydrogens is 280 g/mol. The molecule has 2 aromatic rings. The Morgan fingerprint density at radius 2 is 1.05 bits per heavy atom. The van der Waals surface area contributed by atoms with E-state index < -0.39 is 0 Å². The standard InChI is InChI=1S/C18H22O2S/c1-3-9-17(10-4-1)19-13-7-15-21-16-8-14-20-18-11-5-2-6-12-18/h1-6,9-12H,7-8,13-16H2. The summed E-state index contributed by atoms with van der Waals surface area (Å²) in [6.07, 6.45) is 2.16. The largest absolute Gasteiger partial charge is 0.494 e. The summed E-state index contributed by atoms with van der Waals surface area (Å²) in [4.78, 5) is 0. The van der Waals surface area contributed by atoms with E-state index in [1.165, 1.54) is 0 Å². The van der Waals surface area contributed by atoms with Gasteiger partial charge < -0.3 is 9.47 Å². The first kappa shape index (κ1) is 15.8. The summed E-state index contributed by atoms with van der Waals surface area (Å²) >= 11 is 1.96. The normalized spacial score (nSPS) is 10.3. The van der Waals surface area contributed by atoms with Crippen molar-refractivity contribution in [2.75, 3.05) is 24.7 Å². The summed E-state index contributed by atoms with van der Waals surface area (Å²) in [7, 11) is 0. The summed E-state index contributed by atoms with van der Waals surface area (Å²) < 4.78 is 11.3. The zero-order valence-electron chi connectivity index (χ0n) is 12.2. The zero-order valence-corrected chi connectivity index (χ0v) is 13.1. The lowest BCUT2D eigenvalue weighted by atomic mass is 10.3. The summed E-state index contributed by atoms with van der Waals surface area (Å²) in [5.74, 6) is 4.19. The molecule has 0 N–H and O–H groups in total. The maximum absolute atomic E-state index is 5.65. The molecule has 21 heavy (non-hydrogen) atoms. The molecule has 0 aliphatic rings. The minimum absolute atomic E-state index is 0.789. The maximum Gasteiger partial charge on any atom is 0.119 e. The highest BCUT2D eigenvalue weighted by atomic mass is 32.2. The van der Waals surface area contributed by atoms with Gasteiger partial charge in [0, 0.05) is 0 Å². The van der Waals surface area contributed by atoms with E-state index in [0.29, 0.717) is 0 Å². The molecule has 0 spiro atoms. The van der Waals surface area contributed by atoms with Crippen molar-refractivity contribution in [3.8, 4) is 11.5 Å². The van der Waals surface area contributed by atoms with Crippen LogP contribution in [0.15, 0.2) is 60.7 Å². The fourth-order valence-corrected chi connectivity index (χ4v) is 2.69. The van der Waals surface area contributed by atoms with E-state index in [1.807, 2.05) is 72.4 Å². The molecule has 0 saturated heterocycles. The molecule has 0 bridgehead atoms. The maximum atomic E-state index is 5.65. The van der Waals surface area contributed by atoms with Crippen LogP contribution in [-0.4, -0.2) is 24.7 Å². The summed E-state index contributed by atoms with van der Waals surface area (Å²) in [5.41, 5.74) is 0. The van der Waals surface area contributed by atoms with Gasteiger partial charge in [-0.1, -0.05) is 36.4 Å². The van der Waals surface area contributed by atoms with E-state index in [-0.39, 0.29) is 0 Å². The molecule has 0 unspecified atom stereocenters. The van der Waals surface area contributed by atoms with Gasteiger partial charge in [0.15, 0.2) is 0 Å². The van der Waals surface area contributed by atoms with Crippen molar-refractivity contribution in [3.05, 3.63) is 60.7 Å². The van der Waals surface area contributed by atoms with Gasteiger partial charge in [-0.2, -0.15) is 11.8 Å². The van der Waals surface area contributed by atoms with Gasteiger partial charge in [-0.05, 0) is 48.6 Å². The molecule has 3 heteroatoms. The summed E-state index contributed by atoms with van der Waals surface area (Å²) in [6.45, 7) is 1.58. The average Bonchev–Trinajstić information content (AvgIpc) is 2.55. The number of hydrogen-bond acceptors (Lipinski definition) is 3. The van der Waals surface area contributed by atoms with Crippen LogP contribution in [0.5, 0.6) is 11.5 Å². The van der Waals surface area contributed by atoms with Gasteiger partial charge in [0.2, 0.25) is 0 Å². The Morgan fingerprint density at radius 1 is 0.619 bits per heavy atom. The van der Waals surface area contributed by atoms with Gasteiger partial charge in [0.05, 0.1) is 13.2 Å². The van der Waals surface area contributed by atoms with Crippen LogP contribution in [0.3, 0.4) is 0 Å². The second-order valence-corrected chi connectivity index (χ2v) is 5.87. The highest BCUT2D eigenvalue weighted by molar-refractivity contribution is 7.99. The Morgan fingerprint density at radius 3 is 1.48 bits per heavy atom. The van der Waals surface area contributed by atoms with Crippen LogP contribution in [-0.2, 0) is 0 Å². The Hall–Kier alpha value is -1.61. The van der Waals surface area contributed by atoms with Crippen LogP contribution in [0.1, 0.15) is 12.8 Å². The predicted octanol–water partition coefficient (Wildman–Crippen LogP) is 4.66. The van der Waals surface area contributed by atoms with Crippen molar-refractivity contribution in [1.29, 1.82) is 0 Å². The van der Waals surface area contributed by atoms with E-state index in [9.17, 15) is 0 Å². The first-order valence-electron chi connectivity index (χ1n) is 7.38. The van der Waals surface area contributed by atoms with E-state index in [1.54, 1.807) is 0 Å². The molecule has 0 radical (unpaired) electrons. The van der Waals surface area contributed by atoms with E-state index in [0.717, 1.165) is 49.1 Å². The van der Waals surface area contributed by atoms with Crippen LogP contribution < -0.4 is 9.47 Å². The number of benzene rings is 2. The van der Waals surface area contributed by atoms with Crippen molar-refractivity contribution >= 4 is 11.8 Å². The molecule has 0 heterocycles. The van der Waals surface area contributed by atoms with Crippen LogP contribution in [0.4, 0.5) is 0 Å². The molecule has 112 valence electrons. The van der Waals surface area contributed by atoms with Crippen LogP contribution >= 0.6 is 11.8 Å². The molecule has 0 fully saturated rings. The third-order valence-electron chi connectivity index (χ3n) is 2.89. The topological polar surface area (TPSA) is 18.5 Å². The number of hydrogen-bond donors (Lipinski definition) is 0. The quantitative estimate of drug-likeness (QED) is 0.595. The second-order valence-electron chi connectivity index (χ2n) is 4.64. The smallest absolute Gasteiger partial charge is 0.119 e. The minimum Gasteiger partial charge on any atom is -0.494 e. The van der Waals surface area contributed by atoms with Gasteiger partial charge in [-0.15, -0.1) is 0 Å². The van der Waals surface area contributed by atoms with E-state index in [2.05, 4.69) is 0 Å². The molecule has 0 saturated carbocycles. The highest BCUT2D eigenvalue weighted by Crippen LogP contribution is 2.11. The van der Waals surface area contributed by atoms with Crippen molar-refractivity contribution in [2.45, 2.75) is 12.8 Å². The number of thioether (sulfide) groups is 1. The predicted molar refractivity (Wildman–Crippen MR) is 90.4 cm³/mol. The number of rotatable bonds is 10. The average molecular weight is 302 g/mol. The van der Waals surface area contributed by atoms with Crippen molar-refractivity contribution in [2.24, 2.45) is 0 Å². The first-order valence-corrected chi connectivity index (χ1v) is 8.54. The van der Waals surface area contributed by atoms with Gasteiger partial charge >= 0.3 is 0 Å². The van der Waals surface area contributed by atoms with Gasteiger partial charge in [0.25, 0.3) is 0 Å². The molecule has 0 aliphatic carbocycles. The molecular formula is C18H22O2S. The van der Waals surface area contributed by atoms with Crippen molar-refractivity contribution in [3.63, 3.8) is 0 Å². The molecule has 2 rings (SSSR count). The fourth-order valence-electron chi connectivity index (χ4n) is 1.84. The minimum atomic E-state index is 0.789. The van der Waals surface area contributed by atoms with E-state index in [4.69, 9.17) is 9.47 Å². The lowest BCUT2D eigenvalue weighted by Crippen LogP contribution is -2.01. The fraction of sp³-hybridized carbons (Fsp3) is 0.333. The third kappa shape index (κ3) is 7.09. The lowest BCUT2D eigenvalue weighted by molar-refractivity contribution is 0.317. The third-order valence-corrected chi connectivity index (χ3v) is 4.04. The Labute approximate surface area is 131 Å². The van der Waals surface area contributed by atoms with Crippen LogP contribution in [0.2, 0.25) is 0 Å². The highest BCUT2D eigenvalue weighted by Gasteiger charge is 1.95. The molecule has 2 aromatic carbocycles. The Bertz CT molecular complexity index is 428. The van der Waals surface area contributed by atoms with Gasteiger partial charge in [-0.3, -0.25) is 0 Å².